The number of sulfone groups is 1. The second-order valence-electron chi connectivity index (χ2n) is 8.01. The number of hydrogen-bond acceptors (Lipinski definition) is 5. The van der Waals surface area contributed by atoms with Crippen molar-refractivity contribution in [1.82, 2.24) is 19.7 Å². The molecule has 0 spiro atoms. The van der Waals surface area contributed by atoms with Crippen molar-refractivity contribution in [3.05, 3.63) is 57.8 Å². The Kier molecular flexibility index (Phi) is 4.38. The lowest BCUT2D eigenvalue weighted by atomic mass is 10.0. The zero-order valence-corrected chi connectivity index (χ0v) is 17.3. The highest BCUT2D eigenvalue weighted by atomic mass is 32.2. The van der Waals surface area contributed by atoms with Crippen LogP contribution in [0, 0.1) is 13.8 Å². The third kappa shape index (κ3) is 3.69. The van der Waals surface area contributed by atoms with Crippen LogP contribution in [0.25, 0.3) is 16.9 Å². The molecule has 1 fully saturated rings. The molecular weight excluding hydrogens is 392 g/mol. The summed E-state index contributed by atoms with van der Waals surface area (Å²) in [5.74, 6) is -0.551. The zero-order valence-electron chi connectivity index (χ0n) is 16.4. The highest BCUT2D eigenvalue weighted by Crippen LogP contribution is 2.23. The van der Waals surface area contributed by atoms with Crippen LogP contribution >= 0.6 is 0 Å². The van der Waals surface area contributed by atoms with Crippen LogP contribution in [0.4, 0.5) is 0 Å². The van der Waals surface area contributed by atoms with Gasteiger partial charge in [0.05, 0.1) is 22.7 Å². The zero-order chi connectivity index (χ0) is 21.0. The Balaban J connectivity index is 1.67. The minimum Gasteiger partial charge on any atom is -0.344 e. The highest BCUT2D eigenvalue weighted by Gasteiger charge is 2.39. The number of aryl methyl sites for hydroxylation is 2. The number of benzene rings is 1. The number of hydrogen-bond donors (Lipinski definition) is 2. The Bertz CT molecular complexity index is 1310. The first-order valence-electron chi connectivity index (χ1n) is 9.28. The van der Waals surface area contributed by atoms with Crippen LogP contribution in [0.1, 0.15) is 35.0 Å². The first-order chi connectivity index (χ1) is 13.6. The number of carbonyl (C=O) groups excluding carboxylic acids is 1. The van der Waals surface area contributed by atoms with E-state index in [2.05, 4.69) is 15.3 Å². The molecule has 2 N–H and O–H groups in total. The van der Waals surface area contributed by atoms with Crippen LogP contribution < -0.4 is 10.9 Å². The van der Waals surface area contributed by atoms with Crippen LogP contribution in [0.5, 0.6) is 0 Å². The van der Waals surface area contributed by atoms with Gasteiger partial charge in [0, 0.05) is 12.4 Å². The molecule has 3 heterocycles. The monoisotopic (exact) mass is 414 g/mol. The number of aromatic nitrogens is 3. The fourth-order valence-electron chi connectivity index (χ4n) is 3.62. The van der Waals surface area contributed by atoms with Crippen molar-refractivity contribution in [3.8, 4) is 11.3 Å². The molecule has 1 amide bonds. The molecule has 152 valence electrons. The molecule has 9 heteroatoms. The number of rotatable bonds is 3. The Morgan fingerprint density at radius 3 is 2.66 bits per heavy atom. The molecule has 0 saturated carbocycles. The van der Waals surface area contributed by atoms with Gasteiger partial charge in [-0.2, -0.15) is 0 Å². The fourth-order valence-corrected chi connectivity index (χ4v) is 5.71. The molecule has 2 aromatic heterocycles. The van der Waals surface area contributed by atoms with Gasteiger partial charge >= 0.3 is 0 Å². The molecule has 4 rings (SSSR count). The van der Waals surface area contributed by atoms with Crippen molar-refractivity contribution < 1.29 is 13.2 Å². The van der Waals surface area contributed by atoms with Gasteiger partial charge in [-0.25, -0.2) is 13.4 Å². The van der Waals surface area contributed by atoms with Crippen molar-refractivity contribution in [2.24, 2.45) is 0 Å². The Labute approximate surface area is 167 Å². The summed E-state index contributed by atoms with van der Waals surface area (Å²) < 4.78 is 25.0. The average molecular weight is 414 g/mol. The molecular formula is C20H22N4O4S. The van der Waals surface area contributed by atoms with Gasteiger partial charge < -0.3 is 10.3 Å². The third-order valence-corrected chi connectivity index (χ3v) is 7.32. The second-order valence-corrected chi connectivity index (χ2v) is 10.2. The molecule has 0 bridgehead atoms. The number of imidazole rings is 1. The number of H-pyrrole nitrogens is 1. The maximum atomic E-state index is 12.6. The van der Waals surface area contributed by atoms with E-state index in [4.69, 9.17) is 0 Å². The van der Waals surface area contributed by atoms with E-state index < -0.39 is 26.8 Å². The maximum absolute atomic E-state index is 12.6. The van der Waals surface area contributed by atoms with E-state index in [1.165, 1.54) is 10.6 Å². The summed E-state index contributed by atoms with van der Waals surface area (Å²) in [6.45, 7) is 5.72. The van der Waals surface area contributed by atoms with Crippen molar-refractivity contribution in [2.75, 3.05) is 11.5 Å². The summed E-state index contributed by atoms with van der Waals surface area (Å²) in [5.41, 5.74) is 2.66. The van der Waals surface area contributed by atoms with Crippen molar-refractivity contribution in [1.29, 1.82) is 0 Å². The minimum atomic E-state index is -3.15. The molecule has 0 aliphatic carbocycles. The van der Waals surface area contributed by atoms with Gasteiger partial charge in [0.2, 0.25) is 5.65 Å². The fraction of sp³-hybridized carbons (Fsp3) is 0.350. The first kappa shape index (κ1) is 19.4. The highest BCUT2D eigenvalue weighted by molar-refractivity contribution is 7.91. The van der Waals surface area contributed by atoms with Gasteiger partial charge in [0.15, 0.2) is 9.84 Å². The third-order valence-electron chi connectivity index (χ3n) is 5.42. The summed E-state index contributed by atoms with van der Waals surface area (Å²) >= 11 is 0. The van der Waals surface area contributed by atoms with Gasteiger partial charge in [-0.3, -0.25) is 14.0 Å². The van der Waals surface area contributed by atoms with Gasteiger partial charge in [-0.1, -0.05) is 12.1 Å². The number of carbonyl (C=O) groups is 1. The van der Waals surface area contributed by atoms with Crippen LogP contribution in [0.15, 0.2) is 35.4 Å². The van der Waals surface area contributed by atoms with E-state index in [-0.39, 0.29) is 22.8 Å². The topological polar surface area (TPSA) is 113 Å². The van der Waals surface area contributed by atoms with Crippen LogP contribution in [0.2, 0.25) is 0 Å². The Hall–Kier alpha value is -2.94. The molecule has 8 nitrogen and oxygen atoms in total. The summed E-state index contributed by atoms with van der Waals surface area (Å²) in [6, 6.07) is 5.89. The first-order valence-corrected chi connectivity index (χ1v) is 11.1. The number of nitrogens with one attached hydrogen (secondary N) is 2. The smallest absolute Gasteiger partial charge is 0.292 e. The molecule has 3 aromatic rings. The van der Waals surface area contributed by atoms with Crippen LogP contribution in [-0.2, 0) is 9.84 Å². The summed E-state index contributed by atoms with van der Waals surface area (Å²) in [7, 11) is -3.15. The van der Waals surface area contributed by atoms with Gasteiger partial charge in [0.1, 0.15) is 5.69 Å². The van der Waals surface area contributed by atoms with E-state index in [1.807, 2.05) is 32.0 Å². The van der Waals surface area contributed by atoms with Gasteiger partial charge in [-0.15, -0.1) is 0 Å². The molecule has 1 atom stereocenters. The van der Waals surface area contributed by atoms with Crippen molar-refractivity contribution in [2.45, 2.75) is 32.7 Å². The predicted molar refractivity (Wildman–Crippen MR) is 110 cm³/mol. The summed E-state index contributed by atoms with van der Waals surface area (Å²) in [5, 5.41) is 2.76. The number of amides is 1. The molecule has 1 aliphatic rings. The summed E-state index contributed by atoms with van der Waals surface area (Å²) in [4.78, 5) is 32.1. The molecule has 0 radical (unpaired) electrons. The quantitative estimate of drug-likeness (QED) is 0.676. The van der Waals surface area contributed by atoms with Crippen LogP contribution in [0.3, 0.4) is 0 Å². The second kappa shape index (κ2) is 6.55. The molecule has 1 aromatic carbocycles. The largest absolute Gasteiger partial charge is 0.344 e. The average Bonchev–Trinajstić information content (AvgIpc) is 3.18. The van der Waals surface area contributed by atoms with Crippen molar-refractivity contribution in [3.63, 3.8) is 0 Å². The van der Waals surface area contributed by atoms with Crippen molar-refractivity contribution >= 4 is 21.4 Å². The number of nitrogens with zero attached hydrogens (tertiary/aromatic N) is 2. The van der Waals surface area contributed by atoms with E-state index in [0.29, 0.717) is 12.1 Å². The maximum Gasteiger partial charge on any atom is 0.292 e. The normalized spacial score (nSPS) is 20.8. The lowest BCUT2D eigenvalue weighted by molar-refractivity contribution is 0.0911. The van der Waals surface area contributed by atoms with Gasteiger partial charge in [0.25, 0.3) is 11.5 Å². The molecule has 1 unspecified atom stereocenters. The van der Waals surface area contributed by atoms with E-state index in [9.17, 15) is 18.0 Å². The lowest BCUT2D eigenvalue weighted by Crippen LogP contribution is -2.47. The molecule has 1 aliphatic heterocycles. The standard InChI is InChI=1S/C20H22N4O4S/c1-12-4-5-14(8-13(12)2)15-9-24-10-16(21-17(24)19(26)22-15)18(25)23-20(3)6-7-29(27,28)11-20/h4-5,8-10H,6-7,11H2,1-3H3,(H,22,26)(H,23,25). The molecule has 29 heavy (non-hydrogen) atoms. The number of fused-ring (bicyclic) bond motifs is 1. The lowest BCUT2D eigenvalue weighted by Gasteiger charge is -2.23. The van der Waals surface area contributed by atoms with Gasteiger partial charge in [-0.05, 0) is 49.9 Å². The SMILES string of the molecule is Cc1ccc(-c2cn3cc(C(=O)NC4(C)CCS(=O)(=O)C4)nc3c(=O)[nH]2)cc1C. The summed E-state index contributed by atoms with van der Waals surface area (Å²) in [6.07, 6.45) is 3.55. The predicted octanol–water partition coefficient (Wildman–Crippen LogP) is 1.61. The van der Waals surface area contributed by atoms with E-state index in [0.717, 1.165) is 16.7 Å². The van der Waals surface area contributed by atoms with Crippen LogP contribution in [-0.4, -0.2) is 45.7 Å². The van der Waals surface area contributed by atoms with E-state index in [1.54, 1.807) is 13.1 Å². The minimum absolute atomic E-state index is 0.0495. The van der Waals surface area contributed by atoms with E-state index >= 15 is 0 Å². The Morgan fingerprint density at radius 2 is 2.00 bits per heavy atom. The number of aromatic amines is 1. The molecule has 1 saturated heterocycles. The Morgan fingerprint density at radius 1 is 1.24 bits per heavy atom.